The molecule has 1 fully saturated rings. The van der Waals surface area contributed by atoms with Crippen LogP contribution in [0.1, 0.15) is 30.7 Å². The van der Waals surface area contributed by atoms with E-state index in [-0.39, 0.29) is 24.0 Å². The van der Waals surface area contributed by atoms with Gasteiger partial charge in [0.1, 0.15) is 5.82 Å². The summed E-state index contributed by atoms with van der Waals surface area (Å²) < 4.78 is 9.04. The molecular weight excluding hydrogens is 442 g/mol. The van der Waals surface area contributed by atoms with Crippen molar-refractivity contribution >= 4 is 34.2 Å². The molecule has 0 bridgehead atoms. The van der Waals surface area contributed by atoms with Gasteiger partial charge < -0.3 is 10.1 Å². The minimum absolute atomic E-state index is 0.0546. The maximum absolute atomic E-state index is 13.3. The number of fused-ring (bicyclic) bond motifs is 3. The number of nitrogens with one attached hydrogen (secondary N) is 1. The van der Waals surface area contributed by atoms with Crippen LogP contribution in [0.2, 0.25) is 5.02 Å². The molecule has 2 aromatic carbocycles. The van der Waals surface area contributed by atoms with E-state index in [0.717, 1.165) is 30.5 Å². The summed E-state index contributed by atoms with van der Waals surface area (Å²) in [6, 6.07) is 14.8. The molecule has 1 aliphatic rings. The highest BCUT2D eigenvalue weighted by molar-refractivity contribution is 6.30. The van der Waals surface area contributed by atoms with Gasteiger partial charge in [0.2, 0.25) is 11.7 Å². The fraction of sp³-hybridized carbons (Fsp3) is 0.333. The van der Waals surface area contributed by atoms with E-state index in [1.165, 1.54) is 0 Å². The number of hydrogen-bond donors (Lipinski definition) is 1. The number of hydrogen-bond acceptors (Lipinski definition) is 5. The Morgan fingerprint density at radius 3 is 2.76 bits per heavy atom. The van der Waals surface area contributed by atoms with E-state index < -0.39 is 0 Å². The highest BCUT2D eigenvalue weighted by atomic mass is 35.5. The van der Waals surface area contributed by atoms with Gasteiger partial charge in [0.15, 0.2) is 0 Å². The molecule has 0 spiro atoms. The van der Waals surface area contributed by atoms with Crippen molar-refractivity contribution in [3.63, 3.8) is 0 Å². The number of aromatic nitrogens is 4. The van der Waals surface area contributed by atoms with Gasteiger partial charge >= 0.3 is 0 Å². The number of ether oxygens (including phenoxy) is 1. The number of rotatable bonds is 7. The van der Waals surface area contributed by atoms with E-state index in [0.29, 0.717) is 41.5 Å². The lowest BCUT2D eigenvalue weighted by atomic mass is 10.2. The van der Waals surface area contributed by atoms with Crippen LogP contribution in [0.25, 0.3) is 16.7 Å². The highest BCUT2D eigenvalue weighted by Crippen LogP contribution is 2.17. The van der Waals surface area contributed by atoms with Gasteiger partial charge in [-0.1, -0.05) is 35.9 Å². The second kappa shape index (κ2) is 9.33. The zero-order valence-electron chi connectivity index (χ0n) is 18.0. The summed E-state index contributed by atoms with van der Waals surface area (Å²) in [5.74, 6) is 1.03. The Balaban J connectivity index is 1.45. The predicted molar refractivity (Wildman–Crippen MR) is 126 cm³/mol. The van der Waals surface area contributed by atoms with Gasteiger partial charge in [0.25, 0.3) is 5.56 Å². The molecular formula is C24H24ClN5O3. The van der Waals surface area contributed by atoms with Crippen LogP contribution in [0.3, 0.4) is 0 Å². The van der Waals surface area contributed by atoms with Crippen molar-refractivity contribution in [2.24, 2.45) is 0 Å². The Morgan fingerprint density at radius 2 is 1.97 bits per heavy atom. The van der Waals surface area contributed by atoms with E-state index >= 15 is 0 Å². The number of aryl methyl sites for hydroxylation is 1. The molecule has 1 N–H and O–H groups in total. The Bertz CT molecular complexity index is 1360. The molecule has 0 saturated carbocycles. The van der Waals surface area contributed by atoms with Crippen molar-refractivity contribution in [2.45, 2.75) is 38.3 Å². The molecule has 33 heavy (non-hydrogen) atoms. The third-order valence-corrected chi connectivity index (χ3v) is 6.21. The summed E-state index contributed by atoms with van der Waals surface area (Å²) in [6.07, 6.45) is 2.80. The second-order valence-corrected chi connectivity index (χ2v) is 8.66. The lowest BCUT2D eigenvalue weighted by Gasteiger charge is -2.12. The van der Waals surface area contributed by atoms with Crippen molar-refractivity contribution in [3.8, 4) is 0 Å². The maximum atomic E-state index is 13.3. The molecule has 5 rings (SSSR count). The van der Waals surface area contributed by atoms with Gasteiger partial charge in [-0.05, 0) is 42.7 Å². The van der Waals surface area contributed by atoms with Crippen LogP contribution in [0.4, 0.5) is 0 Å². The molecule has 1 saturated heterocycles. The monoisotopic (exact) mass is 465 g/mol. The van der Waals surface area contributed by atoms with Gasteiger partial charge in [-0.25, -0.2) is 0 Å². The predicted octanol–water partition coefficient (Wildman–Crippen LogP) is 2.97. The quantitative estimate of drug-likeness (QED) is 0.453. The smallest absolute Gasteiger partial charge is 0.263 e. The van der Waals surface area contributed by atoms with Crippen LogP contribution in [0.15, 0.2) is 53.3 Å². The Kier molecular flexibility index (Phi) is 6.11. The van der Waals surface area contributed by atoms with Crippen LogP contribution < -0.4 is 10.9 Å². The van der Waals surface area contributed by atoms with Gasteiger partial charge in [-0.3, -0.25) is 18.6 Å². The Labute approximate surface area is 195 Å². The molecule has 8 nitrogen and oxygen atoms in total. The van der Waals surface area contributed by atoms with Crippen LogP contribution >= 0.6 is 11.6 Å². The molecule has 170 valence electrons. The van der Waals surface area contributed by atoms with Gasteiger partial charge in [-0.15, -0.1) is 10.2 Å². The molecule has 1 atom stereocenters. The first-order valence-corrected chi connectivity index (χ1v) is 11.5. The number of carbonyl (C=O) groups is 1. The Morgan fingerprint density at radius 1 is 1.15 bits per heavy atom. The second-order valence-electron chi connectivity index (χ2n) is 8.23. The molecule has 4 aromatic rings. The fourth-order valence-electron chi connectivity index (χ4n) is 4.24. The summed E-state index contributed by atoms with van der Waals surface area (Å²) in [4.78, 5) is 25.7. The first-order chi connectivity index (χ1) is 16.1. The minimum atomic E-state index is -0.138. The largest absolute Gasteiger partial charge is 0.376 e. The average Bonchev–Trinajstić information content (AvgIpc) is 3.50. The third-order valence-electron chi connectivity index (χ3n) is 5.96. The molecule has 0 aliphatic carbocycles. The number of halogens is 1. The van der Waals surface area contributed by atoms with Crippen LogP contribution in [-0.2, 0) is 22.5 Å². The maximum Gasteiger partial charge on any atom is 0.263 e. The zero-order valence-corrected chi connectivity index (χ0v) is 18.8. The number of nitrogens with zero attached hydrogens (tertiary/aromatic N) is 4. The third kappa shape index (κ3) is 4.49. The standard InChI is InChI=1S/C24H24ClN5O3/c25-17-9-7-16(8-10-17)15-29-23(32)19-5-1-2-6-20(19)30-21(27-28-24(29)30)11-12-22(31)26-14-18-4-3-13-33-18/h1-2,5-10,18H,3-4,11-15H2,(H,26,31). The molecule has 3 heterocycles. The lowest BCUT2D eigenvalue weighted by molar-refractivity contribution is -0.121. The van der Waals surface area contributed by atoms with Crippen molar-refractivity contribution in [2.75, 3.05) is 13.2 Å². The fourth-order valence-corrected chi connectivity index (χ4v) is 4.36. The van der Waals surface area contributed by atoms with Crippen molar-refractivity contribution < 1.29 is 9.53 Å². The molecule has 9 heteroatoms. The average molecular weight is 466 g/mol. The first-order valence-electron chi connectivity index (χ1n) is 11.1. The molecule has 1 aliphatic heterocycles. The lowest BCUT2D eigenvalue weighted by Crippen LogP contribution is -2.32. The Hall–Kier alpha value is -3.23. The van der Waals surface area contributed by atoms with Crippen molar-refractivity contribution in [1.29, 1.82) is 0 Å². The number of para-hydroxylation sites is 1. The van der Waals surface area contributed by atoms with E-state index in [2.05, 4.69) is 15.5 Å². The van der Waals surface area contributed by atoms with Crippen molar-refractivity contribution in [1.82, 2.24) is 24.5 Å². The van der Waals surface area contributed by atoms with Gasteiger partial charge in [0, 0.05) is 31.0 Å². The molecule has 0 radical (unpaired) electrons. The topological polar surface area (TPSA) is 90.5 Å². The first kappa shape index (κ1) is 21.6. The normalized spacial score (nSPS) is 16.0. The van der Waals surface area contributed by atoms with Crippen molar-refractivity contribution in [3.05, 3.63) is 75.3 Å². The van der Waals surface area contributed by atoms with E-state index in [9.17, 15) is 9.59 Å². The van der Waals surface area contributed by atoms with Crippen LogP contribution in [-0.4, -0.2) is 44.3 Å². The number of carbonyl (C=O) groups excluding carboxylic acids is 1. The SMILES string of the molecule is O=C(CCc1nnc2n(Cc3ccc(Cl)cc3)c(=O)c3ccccc3n12)NCC1CCCO1. The summed E-state index contributed by atoms with van der Waals surface area (Å²) in [5, 5.41) is 12.8. The van der Waals surface area contributed by atoms with Gasteiger partial charge in [-0.2, -0.15) is 0 Å². The minimum Gasteiger partial charge on any atom is -0.376 e. The summed E-state index contributed by atoms with van der Waals surface area (Å²) >= 11 is 6.01. The molecule has 1 unspecified atom stereocenters. The molecule has 2 aromatic heterocycles. The zero-order chi connectivity index (χ0) is 22.8. The summed E-state index contributed by atoms with van der Waals surface area (Å²) in [7, 11) is 0. The number of benzene rings is 2. The highest BCUT2D eigenvalue weighted by Gasteiger charge is 2.19. The van der Waals surface area contributed by atoms with Gasteiger partial charge in [0.05, 0.1) is 23.6 Å². The number of amides is 1. The van der Waals surface area contributed by atoms with Crippen LogP contribution in [0, 0.1) is 0 Å². The van der Waals surface area contributed by atoms with E-state index in [1.807, 2.05) is 34.7 Å². The summed E-state index contributed by atoms with van der Waals surface area (Å²) in [6.45, 7) is 1.63. The van der Waals surface area contributed by atoms with Crippen LogP contribution in [0.5, 0.6) is 0 Å². The van der Waals surface area contributed by atoms with E-state index in [1.54, 1.807) is 22.8 Å². The van der Waals surface area contributed by atoms with E-state index in [4.69, 9.17) is 16.3 Å². The molecule has 1 amide bonds. The summed E-state index contributed by atoms with van der Waals surface area (Å²) in [5.41, 5.74) is 1.52.